The minimum absolute atomic E-state index is 0.0774. The van der Waals surface area contributed by atoms with E-state index in [9.17, 15) is 10.4 Å². The molecule has 2 aliphatic heterocycles. The molecule has 0 unspecified atom stereocenters. The summed E-state index contributed by atoms with van der Waals surface area (Å²) in [5.41, 5.74) is 5.69. The number of ether oxygens (including phenoxy) is 1. The molecule has 1 fully saturated rings. The van der Waals surface area contributed by atoms with Crippen molar-refractivity contribution in [3.05, 3.63) is 33.7 Å². The predicted octanol–water partition coefficient (Wildman–Crippen LogP) is 2.16. The first-order valence-electron chi connectivity index (χ1n) is 9.82. The van der Waals surface area contributed by atoms with Crippen LogP contribution in [0.3, 0.4) is 0 Å². The summed E-state index contributed by atoms with van der Waals surface area (Å²) < 4.78 is 5.39. The molecular weight excluding hydrogens is 346 g/mol. The molecule has 0 radical (unpaired) electrons. The largest absolute Gasteiger partial charge is 0.752 e. The Balaban J connectivity index is 1.34. The van der Waals surface area contributed by atoms with Crippen LogP contribution in [0.15, 0.2) is 17.1 Å². The average molecular weight is 373 g/mol. The van der Waals surface area contributed by atoms with Gasteiger partial charge in [-0.3, -0.25) is 10.4 Å². The highest BCUT2D eigenvalue weighted by atomic mass is 16.6. The van der Waals surface area contributed by atoms with E-state index in [0.717, 1.165) is 63.2 Å². The SMILES string of the molecule is COC1CCN(CCCN=C2NN([O-])c3cc4c(cc3N2[O-])CCC4)CC1. The molecule has 0 saturated carbocycles. The number of nitrogens with one attached hydrogen (secondary N) is 1. The fourth-order valence-corrected chi connectivity index (χ4v) is 4.18. The van der Waals surface area contributed by atoms with Crippen LogP contribution in [-0.4, -0.2) is 50.3 Å². The summed E-state index contributed by atoms with van der Waals surface area (Å²) in [7, 11) is 1.77. The Morgan fingerprint density at radius 2 is 1.85 bits per heavy atom. The van der Waals surface area contributed by atoms with Crippen LogP contribution in [0.25, 0.3) is 0 Å². The minimum atomic E-state index is 0.0774. The number of methoxy groups -OCH3 is 1. The normalized spacial score (nSPS) is 22.1. The first-order valence-corrected chi connectivity index (χ1v) is 9.82. The maximum atomic E-state index is 12.7. The maximum absolute atomic E-state index is 12.7. The lowest BCUT2D eigenvalue weighted by Gasteiger charge is -2.46. The van der Waals surface area contributed by atoms with Gasteiger partial charge in [-0.2, -0.15) is 0 Å². The van der Waals surface area contributed by atoms with Crippen molar-refractivity contribution >= 4 is 17.3 Å². The van der Waals surface area contributed by atoms with E-state index in [1.165, 1.54) is 11.1 Å². The van der Waals surface area contributed by atoms with Gasteiger partial charge in [0.2, 0.25) is 5.96 Å². The van der Waals surface area contributed by atoms with Crippen LogP contribution in [0.2, 0.25) is 0 Å². The van der Waals surface area contributed by atoms with Crippen molar-refractivity contribution in [3.8, 4) is 0 Å². The summed E-state index contributed by atoms with van der Waals surface area (Å²) in [5, 5.41) is 26.4. The van der Waals surface area contributed by atoms with Crippen molar-refractivity contribution in [3.63, 3.8) is 0 Å². The number of fused-ring (bicyclic) bond motifs is 2. The van der Waals surface area contributed by atoms with E-state index in [-0.39, 0.29) is 5.96 Å². The van der Waals surface area contributed by atoms with Crippen LogP contribution < -0.4 is 15.7 Å². The van der Waals surface area contributed by atoms with Crippen LogP contribution >= 0.6 is 0 Å². The zero-order valence-electron chi connectivity index (χ0n) is 15.8. The van der Waals surface area contributed by atoms with Gasteiger partial charge in [0.15, 0.2) is 0 Å². The van der Waals surface area contributed by atoms with E-state index in [0.29, 0.717) is 29.2 Å². The number of hydrogen-bond acceptors (Lipinski definition) is 6. The predicted molar refractivity (Wildman–Crippen MR) is 107 cm³/mol. The molecule has 27 heavy (non-hydrogen) atoms. The quantitative estimate of drug-likeness (QED) is 0.791. The summed E-state index contributed by atoms with van der Waals surface area (Å²) in [6.07, 6.45) is 6.37. The topological polar surface area (TPSA) is 89.5 Å². The van der Waals surface area contributed by atoms with Crippen molar-refractivity contribution in [1.29, 1.82) is 0 Å². The summed E-state index contributed by atoms with van der Waals surface area (Å²) in [6, 6.07) is 3.69. The fourth-order valence-electron chi connectivity index (χ4n) is 4.18. The molecule has 8 heteroatoms. The molecule has 8 nitrogen and oxygen atoms in total. The van der Waals surface area contributed by atoms with Crippen molar-refractivity contribution in [1.82, 2.24) is 10.3 Å². The minimum Gasteiger partial charge on any atom is -0.752 e. The van der Waals surface area contributed by atoms with Crippen LogP contribution in [0.1, 0.15) is 36.8 Å². The second kappa shape index (κ2) is 8.02. The van der Waals surface area contributed by atoms with Crippen LogP contribution in [0, 0.1) is 10.4 Å². The average Bonchev–Trinajstić information content (AvgIpc) is 3.15. The first kappa shape index (κ1) is 18.5. The molecular formula is C19H27N5O3-2. The van der Waals surface area contributed by atoms with Gasteiger partial charge in [-0.1, -0.05) is 0 Å². The molecule has 0 spiro atoms. The van der Waals surface area contributed by atoms with Gasteiger partial charge >= 0.3 is 0 Å². The Hall–Kier alpha value is -1.87. The van der Waals surface area contributed by atoms with Gasteiger partial charge in [0.1, 0.15) is 0 Å². The summed E-state index contributed by atoms with van der Waals surface area (Å²) in [5.74, 6) is 0.0774. The number of nitrogens with zero attached hydrogens (tertiary/aromatic N) is 4. The second-order valence-electron chi connectivity index (χ2n) is 7.50. The smallest absolute Gasteiger partial charge is 0.206 e. The number of aryl methyl sites for hydroxylation is 2. The second-order valence-corrected chi connectivity index (χ2v) is 7.50. The van der Waals surface area contributed by atoms with Gasteiger partial charge in [-0.25, -0.2) is 0 Å². The third-order valence-electron chi connectivity index (χ3n) is 5.78. The maximum Gasteiger partial charge on any atom is 0.206 e. The Labute approximate surface area is 159 Å². The lowest BCUT2D eigenvalue weighted by Crippen LogP contribution is -2.50. The molecule has 0 bridgehead atoms. The van der Waals surface area contributed by atoms with Gasteiger partial charge < -0.3 is 30.3 Å². The van der Waals surface area contributed by atoms with Gasteiger partial charge in [-0.15, -0.1) is 0 Å². The monoisotopic (exact) mass is 373 g/mol. The van der Waals surface area contributed by atoms with Crippen molar-refractivity contribution < 1.29 is 4.74 Å². The lowest BCUT2D eigenvalue weighted by atomic mass is 10.1. The van der Waals surface area contributed by atoms with E-state index in [1.807, 2.05) is 12.1 Å². The molecule has 148 valence electrons. The summed E-state index contributed by atoms with van der Waals surface area (Å²) >= 11 is 0. The standard InChI is InChI=1S/C19H27N5O3/c1-27-16-6-10-22(11-7-16)9-3-8-20-19-21-24(26)18-13-15-5-2-4-14(15)12-17(18)23(19)25/h12-13,16H,2-11H2,1H3,(H,20,21)/q-2. The molecule has 2 heterocycles. The Kier molecular flexibility index (Phi) is 5.49. The summed E-state index contributed by atoms with van der Waals surface area (Å²) in [4.78, 5) is 6.75. The van der Waals surface area contributed by atoms with Crippen molar-refractivity contribution in [2.24, 2.45) is 4.99 Å². The Bertz CT molecular complexity index is 703. The highest BCUT2D eigenvalue weighted by Gasteiger charge is 2.22. The molecule has 4 rings (SSSR count). The third kappa shape index (κ3) is 3.89. The molecule has 0 atom stereocenters. The van der Waals surface area contributed by atoms with Crippen LogP contribution in [-0.2, 0) is 17.6 Å². The zero-order chi connectivity index (χ0) is 18.8. The third-order valence-corrected chi connectivity index (χ3v) is 5.78. The van der Waals surface area contributed by atoms with E-state index >= 15 is 0 Å². The number of guanidine groups is 1. The van der Waals surface area contributed by atoms with Crippen LogP contribution in [0.5, 0.6) is 0 Å². The summed E-state index contributed by atoms with van der Waals surface area (Å²) in [6.45, 7) is 3.53. The number of rotatable bonds is 5. The molecule has 1 aliphatic carbocycles. The molecule has 1 saturated heterocycles. The van der Waals surface area contributed by atoms with Gasteiger partial charge in [0, 0.05) is 26.7 Å². The molecule has 0 amide bonds. The van der Waals surface area contributed by atoms with E-state index < -0.39 is 0 Å². The number of piperidine rings is 1. The Morgan fingerprint density at radius 3 is 2.56 bits per heavy atom. The molecule has 0 aromatic heterocycles. The van der Waals surface area contributed by atoms with Crippen molar-refractivity contribution in [2.45, 2.75) is 44.6 Å². The zero-order valence-corrected chi connectivity index (χ0v) is 15.8. The van der Waals surface area contributed by atoms with E-state index in [2.05, 4.69) is 15.3 Å². The van der Waals surface area contributed by atoms with Crippen LogP contribution in [0.4, 0.5) is 11.4 Å². The number of hydrogen-bond donors (Lipinski definition) is 1. The fraction of sp³-hybridized carbons (Fsp3) is 0.632. The molecule has 1 aromatic rings. The molecule has 3 aliphatic rings. The first-order chi connectivity index (χ1) is 13.2. The highest BCUT2D eigenvalue weighted by Crippen LogP contribution is 2.37. The van der Waals surface area contributed by atoms with Gasteiger partial charge in [0.25, 0.3) is 0 Å². The number of anilines is 2. The number of hydroxylamine groups is 1. The van der Waals surface area contributed by atoms with E-state index in [1.54, 1.807) is 7.11 Å². The Morgan fingerprint density at radius 1 is 1.15 bits per heavy atom. The molecule has 1 aromatic carbocycles. The highest BCUT2D eigenvalue weighted by molar-refractivity contribution is 6.04. The van der Waals surface area contributed by atoms with Gasteiger partial charge in [-0.05, 0) is 68.3 Å². The van der Waals surface area contributed by atoms with Gasteiger partial charge in [0.05, 0.1) is 17.5 Å². The number of benzene rings is 1. The number of likely N-dealkylation sites (tertiary alicyclic amines) is 1. The molecule has 1 N–H and O–H groups in total. The van der Waals surface area contributed by atoms with E-state index in [4.69, 9.17) is 4.74 Å². The number of hydrazine groups is 1. The lowest BCUT2D eigenvalue weighted by molar-refractivity contribution is 0.0410. The van der Waals surface area contributed by atoms with Crippen molar-refractivity contribution in [2.75, 3.05) is 43.5 Å². The number of aliphatic imine (C=N–C) groups is 1.